The average molecular weight is 448 g/mol. The number of amides is 2. The van der Waals surface area contributed by atoms with E-state index in [1.165, 1.54) is 27.0 Å². The van der Waals surface area contributed by atoms with Crippen molar-refractivity contribution in [1.82, 2.24) is 9.97 Å². The van der Waals surface area contributed by atoms with Gasteiger partial charge in [0.25, 0.3) is 0 Å². The van der Waals surface area contributed by atoms with Gasteiger partial charge in [0.2, 0.25) is 0 Å². The number of aryl methyl sites for hydroxylation is 1. The fourth-order valence-electron chi connectivity index (χ4n) is 3.03. The number of hydrogen-bond acceptors (Lipinski definition) is 6. The molecule has 2 heterocycles. The molecule has 0 bridgehead atoms. The molecule has 1 aliphatic rings. The maximum Gasteiger partial charge on any atom is 0.433 e. The Kier molecular flexibility index (Phi) is 5.71. The van der Waals surface area contributed by atoms with Crippen molar-refractivity contribution in [1.29, 1.82) is 0 Å². The summed E-state index contributed by atoms with van der Waals surface area (Å²) >= 11 is 0.948. The average Bonchev–Trinajstić information content (AvgIpc) is 3.24. The third-order valence-electron chi connectivity index (χ3n) is 4.35. The van der Waals surface area contributed by atoms with Crippen LogP contribution in [0.3, 0.4) is 0 Å². The monoisotopic (exact) mass is 448 g/mol. The van der Waals surface area contributed by atoms with Crippen molar-refractivity contribution < 1.29 is 27.3 Å². The summed E-state index contributed by atoms with van der Waals surface area (Å²) < 4.78 is 56.0. The zero-order valence-corrected chi connectivity index (χ0v) is 17.5. The highest BCUT2D eigenvalue weighted by atomic mass is 32.2. The topological polar surface area (TPSA) is 105 Å². The summed E-state index contributed by atoms with van der Waals surface area (Å²) in [6.45, 7) is 4.26. The number of aromatic nitrogens is 2. The van der Waals surface area contributed by atoms with Crippen LogP contribution >= 0.6 is 11.3 Å². The number of carbonyl (C=O) groups excluding carboxylic acids is 1. The SMILES string of the molecule is Cc1c(C(F)(F)F)nc2c(c1NC(=O)/N=[SH](=O)/c1cnc(C(C)(C)O)s1)CCC2. The number of pyridine rings is 1. The van der Waals surface area contributed by atoms with E-state index in [4.69, 9.17) is 0 Å². The first-order valence-electron chi connectivity index (χ1n) is 8.66. The molecule has 0 fully saturated rings. The molecular formula is C17H19F3N4O3S2. The number of carbonyl (C=O) groups is 1. The van der Waals surface area contributed by atoms with Crippen LogP contribution in [-0.2, 0) is 35.2 Å². The van der Waals surface area contributed by atoms with Crippen LogP contribution in [0.4, 0.5) is 23.7 Å². The Bertz CT molecular complexity index is 1050. The lowest BCUT2D eigenvalue weighted by Gasteiger charge is -2.17. The first kappa shape index (κ1) is 21.7. The van der Waals surface area contributed by atoms with Crippen LogP contribution in [-0.4, -0.2) is 25.3 Å². The quantitative estimate of drug-likeness (QED) is 0.619. The summed E-state index contributed by atoms with van der Waals surface area (Å²) in [4.78, 5) is 20.0. The van der Waals surface area contributed by atoms with Gasteiger partial charge < -0.3 is 10.4 Å². The van der Waals surface area contributed by atoms with E-state index in [9.17, 15) is 27.3 Å². The Morgan fingerprint density at radius 1 is 1.34 bits per heavy atom. The maximum atomic E-state index is 13.3. The van der Waals surface area contributed by atoms with Crippen LogP contribution in [0, 0.1) is 6.92 Å². The van der Waals surface area contributed by atoms with Crippen molar-refractivity contribution in [3.05, 3.63) is 33.7 Å². The molecule has 2 amide bonds. The minimum atomic E-state index is -4.65. The van der Waals surface area contributed by atoms with Crippen molar-refractivity contribution in [2.45, 2.75) is 56.0 Å². The molecule has 0 saturated heterocycles. The minimum Gasteiger partial charge on any atom is -0.383 e. The Hall–Kier alpha value is -2.05. The van der Waals surface area contributed by atoms with Gasteiger partial charge in [-0.05, 0) is 45.6 Å². The zero-order chi connectivity index (χ0) is 21.6. The fourth-order valence-corrected chi connectivity index (χ4v) is 4.85. The molecule has 2 N–H and O–H groups in total. The first-order chi connectivity index (χ1) is 13.4. The second kappa shape index (κ2) is 7.65. The van der Waals surface area contributed by atoms with Gasteiger partial charge in [-0.25, -0.2) is 19.0 Å². The van der Waals surface area contributed by atoms with Gasteiger partial charge in [0, 0.05) is 11.3 Å². The van der Waals surface area contributed by atoms with Gasteiger partial charge in [-0.1, -0.05) is 0 Å². The highest BCUT2D eigenvalue weighted by molar-refractivity contribution is 7.78. The van der Waals surface area contributed by atoms with E-state index >= 15 is 0 Å². The number of hydrogen-bond donors (Lipinski definition) is 3. The number of thiazole rings is 1. The van der Waals surface area contributed by atoms with Gasteiger partial charge >= 0.3 is 12.2 Å². The number of aliphatic hydroxyl groups is 1. The van der Waals surface area contributed by atoms with E-state index in [1.54, 1.807) is 0 Å². The summed E-state index contributed by atoms with van der Waals surface area (Å²) in [6, 6.07) is -1.01. The molecule has 1 unspecified atom stereocenters. The Morgan fingerprint density at radius 3 is 2.62 bits per heavy atom. The summed E-state index contributed by atoms with van der Waals surface area (Å²) in [5.74, 6) is 0. The van der Waals surface area contributed by atoms with Gasteiger partial charge in [-0.3, -0.25) is 0 Å². The van der Waals surface area contributed by atoms with E-state index in [0.29, 0.717) is 35.5 Å². The number of nitrogens with one attached hydrogen (secondary N) is 1. The number of thiol groups is 1. The molecular weight excluding hydrogens is 429 g/mol. The lowest BCUT2D eigenvalue weighted by atomic mass is 10.1. The molecule has 29 heavy (non-hydrogen) atoms. The van der Waals surface area contributed by atoms with Crippen LogP contribution in [0.5, 0.6) is 0 Å². The van der Waals surface area contributed by atoms with Crippen molar-refractivity contribution in [3.63, 3.8) is 0 Å². The van der Waals surface area contributed by atoms with Crippen LogP contribution in [0.15, 0.2) is 14.8 Å². The number of anilines is 1. The normalized spacial score (nSPS) is 15.4. The molecule has 0 radical (unpaired) electrons. The first-order valence-corrected chi connectivity index (χ1v) is 10.7. The van der Waals surface area contributed by atoms with E-state index in [-0.39, 0.29) is 15.5 Å². The van der Waals surface area contributed by atoms with Gasteiger partial charge in [0.15, 0.2) is 0 Å². The zero-order valence-electron chi connectivity index (χ0n) is 15.8. The van der Waals surface area contributed by atoms with Crippen molar-refractivity contribution in [3.8, 4) is 0 Å². The number of urea groups is 1. The molecule has 3 rings (SSSR count). The Labute approximate surface area is 170 Å². The number of nitrogens with zero attached hydrogens (tertiary/aromatic N) is 3. The lowest BCUT2D eigenvalue weighted by molar-refractivity contribution is -0.141. The van der Waals surface area contributed by atoms with Gasteiger partial charge in [-0.2, -0.15) is 13.2 Å². The predicted octanol–water partition coefficient (Wildman–Crippen LogP) is 3.84. The minimum absolute atomic E-state index is 0.0264. The van der Waals surface area contributed by atoms with Crippen LogP contribution < -0.4 is 5.32 Å². The molecule has 0 aliphatic heterocycles. The smallest absolute Gasteiger partial charge is 0.383 e. The van der Waals surface area contributed by atoms with Crippen molar-refractivity contribution in [2.75, 3.05) is 5.32 Å². The van der Waals surface area contributed by atoms with Gasteiger partial charge in [0.1, 0.15) is 20.5 Å². The summed E-state index contributed by atoms with van der Waals surface area (Å²) in [5, 5.41) is 12.6. The van der Waals surface area contributed by atoms with Gasteiger partial charge in [0.05, 0.1) is 22.5 Å². The molecule has 158 valence electrons. The van der Waals surface area contributed by atoms with Crippen molar-refractivity contribution >= 4 is 33.7 Å². The molecule has 1 aliphatic carbocycles. The third kappa shape index (κ3) is 4.59. The maximum absolute atomic E-state index is 13.3. The molecule has 2 aromatic rings. The van der Waals surface area contributed by atoms with Gasteiger partial charge in [-0.15, -0.1) is 15.7 Å². The van der Waals surface area contributed by atoms with Crippen molar-refractivity contribution in [2.24, 2.45) is 4.36 Å². The summed E-state index contributed by atoms with van der Waals surface area (Å²) in [7, 11) is -2.51. The molecule has 0 aromatic carbocycles. The lowest BCUT2D eigenvalue weighted by Crippen LogP contribution is -2.17. The third-order valence-corrected chi connectivity index (χ3v) is 7.07. The highest BCUT2D eigenvalue weighted by Gasteiger charge is 2.37. The predicted molar refractivity (Wildman–Crippen MR) is 103 cm³/mol. The second-order valence-electron chi connectivity index (χ2n) is 7.10. The van der Waals surface area contributed by atoms with E-state index in [1.807, 2.05) is 0 Å². The van der Waals surface area contributed by atoms with E-state index in [0.717, 1.165) is 11.3 Å². The Balaban J connectivity index is 1.91. The number of rotatable bonds is 3. The largest absolute Gasteiger partial charge is 0.433 e. The van der Waals surface area contributed by atoms with Crippen LogP contribution in [0.2, 0.25) is 0 Å². The molecule has 1 atom stereocenters. The molecule has 0 saturated carbocycles. The molecule has 2 aromatic heterocycles. The molecule has 12 heteroatoms. The second-order valence-corrected chi connectivity index (χ2v) is 9.66. The number of alkyl halides is 3. The molecule has 0 spiro atoms. The van der Waals surface area contributed by atoms with Crippen LogP contribution in [0.1, 0.15) is 47.8 Å². The number of halogens is 3. The highest BCUT2D eigenvalue weighted by Crippen LogP contribution is 2.38. The fraction of sp³-hybridized carbons (Fsp3) is 0.471. The summed E-state index contributed by atoms with van der Waals surface area (Å²) in [5.41, 5.74) is -1.59. The molecule has 7 nitrogen and oxygen atoms in total. The Morgan fingerprint density at radius 2 is 2.03 bits per heavy atom. The van der Waals surface area contributed by atoms with E-state index in [2.05, 4.69) is 19.6 Å². The standard InChI is InChI=1S/C17H19F3N4O3S2/c1-8-12(9-5-4-6-10(9)22-13(8)17(18,19)20)23-15(25)24-29(27)11-7-21-14(28-11)16(2,3)26/h7,26,29H,4-6H2,1-3H3,(H,22,23,25). The summed E-state index contributed by atoms with van der Waals surface area (Å²) in [6.07, 6.45) is -1.87. The van der Waals surface area contributed by atoms with Crippen LogP contribution in [0.25, 0.3) is 0 Å². The van der Waals surface area contributed by atoms with E-state index < -0.39 is 34.1 Å². The number of fused-ring (bicyclic) bond motifs is 1.